The molecule has 2 atom stereocenters. The summed E-state index contributed by atoms with van der Waals surface area (Å²) in [6.07, 6.45) is 1.12. The Morgan fingerprint density at radius 2 is 2.25 bits per heavy atom. The summed E-state index contributed by atoms with van der Waals surface area (Å²) in [6, 6.07) is 8.22. The van der Waals surface area contributed by atoms with Crippen molar-refractivity contribution < 1.29 is 4.74 Å². The van der Waals surface area contributed by atoms with Crippen LogP contribution in [-0.4, -0.2) is 12.1 Å². The maximum absolute atomic E-state index is 5.75. The van der Waals surface area contributed by atoms with Crippen LogP contribution in [0.25, 0.3) is 0 Å². The van der Waals surface area contributed by atoms with Gasteiger partial charge in [-0.05, 0) is 18.6 Å². The van der Waals surface area contributed by atoms with Gasteiger partial charge < -0.3 is 10.5 Å². The molecule has 1 aromatic carbocycles. The molecule has 0 unspecified atom stereocenters. The molecule has 0 aromatic heterocycles. The van der Waals surface area contributed by atoms with Gasteiger partial charge in [-0.1, -0.05) is 18.2 Å². The largest absolute Gasteiger partial charge is 0.488 e. The Bertz CT molecular complexity index is 258. The van der Waals surface area contributed by atoms with Crippen molar-refractivity contribution in [2.24, 2.45) is 5.73 Å². The van der Waals surface area contributed by atoms with Crippen molar-refractivity contribution >= 4 is 0 Å². The lowest BCUT2D eigenvalue weighted by Gasteiger charge is -2.13. The van der Waals surface area contributed by atoms with Crippen LogP contribution < -0.4 is 10.5 Å². The second kappa shape index (κ2) is 2.79. The quantitative estimate of drug-likeness (QED) is 0.678. The van der Waals surface area contributed by atoms with Gasteiger partial charge in [0.2, 0.25) is 0 Å². The third kappa shape index (κ3) is 1.18. The number of ether oxygens (including phenoxy) is 1. The van der Waals surface area contributed by atoms with Crippen LogP contribution in [0.1, 0.15) is 12.5 Å². The van der Waals surface area contributed by atoms with Gasteiger partial charge in [0.05, 0.1) is 0 Å². The van der Waals surface area contributed by atoms with E-state index in [-0.39, 0.29) is 12.1 Å². The van der Waals surface area contributed by atoms with Crippen molar-refractivity contribution in [2.45, 2.75) is 25.5 Å². The van der Waals surface area contributed by atoms with Gasteiger partial charge in [-0.2, -0.15) is 0 Å². The van der Waals surface area contributed by atoms with E-state index >= 15 is 0 Å². The van der Waals surface area contributed by atoms with Crippen LogP contribution in [0.3, 0.4) is 0 Å². The fourth-order valence-corrected chi connectivity index (χ4v) is 1.50. The summed E-state index contributed by atoms with van der Waals surface area (Å²) in [5.41, 5.74) is 7.03. The highest BCUT2D eigenvalue weighted by Gasteiger charge is 2.24. The fourth-order valence-electron chi connectivity index (χ4n) is 1.50. The molecule has 2 heteroatoms. The molecule has 64 valence electrons. The Hall–Kier alpha value is -1.02. The minimum Gasteiger partial charge on any atom is -0.488 e. The summed E-state index contributed by atoms with van der Waals surface area (Å²) in [5, 5.41) is 0. The second-order valence-corrected chi connectivity index (χ2v) is 3.33. The maximum Gasteiger partial charge on any atom is 0.123 e. The van der Waals surface area contributed by atoms with Crippen LogP contribution in [0.2, 0.25) is 0 Å². The minimum atomic E-state index is 0.109. The lowest BCUT2D eigenvalue weighted by atomic mass is 10.1. The van der Waals surface area contributed by atoms with Crippen LogP contribution >= 0.6 is 0 Å². The van der Waals surface area contributed by atoms with Crippen molar-refractivity contribution in [3.05, 3.63) is 29.8 Å². The van der Waals surface area contributed by atoms with Crippen LogP contribution in [0.5, 0.6) is 5.75 Å². The third-order valence-electron chi connectivity index (χ3n) is 2.26. The van der Waals surface area contributed by atoms with Crippen molar-refractivity contribution in [3.8, 4) is 5.75 Å². The number of hydrogen-bond donors (Lipinski definition) is 1. The zero-order valence-electron chi connectivity index (χ0n) is 7.16. The molecule has 1 heterocycles. The molecule has 0 fully saturated rings. The lowest BCUT2D eigenvalue weighted by molar-refractivity contribution is 0.206. The molecule has 12 heavy (non-hydrogen) atoms. The van der Waals surface area contributed by atoms with Gasteiger partial charge in [-0.15, -0.1) is 0 Å². The summed E-state index contributed by atoms with van der Waals surface area (Å²) >= 11 is 0. The summed E-state index contributed by atoms with van der Waals surface area (Å²) in [7, 11) is 0. The van der Waals surface area contributed by atoms with E-state index in [2.05, 4.69) is 6.07 Å². The highest BCUT2D eigenvalue weighted by molar-refractivity contribution is 5.37. The molecule has 2 rings (SSSR count). The second-order valence-electron chi connectivity index (χ2n) is 3.33. The molecule has 0 amide bonds. The minimum absolute atomic E-state index is 0.109. The van der Waals surface area contributed by atoms with Crippen LogP contribution in [0, 0.1) is 0 Å². The average Bonchev–Trinajstić information content (AvgIpc) is 2.46. The van der Waals surface area contributed by atoms with E-state index in [0.717, 1.165) is 12.2 Å². The van der Waals surface area contributed by atoms with E-state index in [0.29, 0.717) is 0 Å². The number of nitrogens with two attached hydrogens (primary N) is 1. The van der Waals surface area contributed by atoms with E-state index in [4.69, 9.17) is 10.5 Å². The first-order valence-corrected chi connectivity index (χ1v) is 4.27. The monoisotopic (exact) mass is 163 g/mol. The molecule has 2 N–H and O–H groups in total. The summed E-state index contributed by atoms with van der Waals surface area (Å²) in [4.78, 5) is 0. The topological polar surface area (TPSA) is 35.2 Å². The van der Waals surface area contributed by atoms with Gasteiger partial charge in [-0.3, -0.25) is 0 Å². The number of hydrogen-bond acceptors (Lipinski definition) is 2. The van der Waals surface area contributed by atoms with Gasteiger partial charge >= 0.3 is 0 Å². The highest BCUT2D eigenvalue weighted by Crippen LogP contribution is 2.28. The van der Waals surface area contributed by atoms with Crippen molar-refractivity contribution in [3.63, 3.8) is 0 Å². The smallest absolute Gasteiger partial charge is 0.123 e. The SMILES string of the molecule is C[C@H](N)[C@@H]1Cc2ccccc2O1. The van der Waals surface area contributed by atoms with Gasteiger partial charge in [0, 0.05) is 12.5 Å². The number of para-hydroxylation sites is 1. The predicted octanol–water partition coefficient (Wildman–Crippen LogP) is 1.34. The molecule has 1 aliphatic heterocycles. The third-order valence-corrected chi connectivity index (χ3v) is 2.26. The molecular weight excluding hydrogens is 150 g/mol. The number of fused-ring (bicyclic) bond motifs is 1. The van der Waals surface area contributed by atoms with Crippen LogP contribution in [0.15, 0.2) is 24.3 Å². The van der Waals surface area contributed by atoms with E-state index in [1.807, 2.05) is 25.1 Å². The molecular formula is C10H13NO. The van der Waals surface area contributed by atoms with Crippen molar-refractivity contribution in [2.75, 3.05) is 0 Å². The Kier molecular flexibility index (Phi) is 1.77. The average molecular weight is 163 g/mol. The summed E-state index contributed by atoms with van der Waals surface area (Å²) < 4.78 is 5.64. The van der Waals surface area contributed by atoms with E-state index in [1.165, 1.54) is 5.56 Å². The van der Waals surface area contributed by atoms with Crippen LogP contribution in [-0.2, 0) is 6.42 Å². The molecule has 0 radical (unpaired) electrons. The van der Waals surface area contributed by atoms with Gasteiger partial charge in [-0.25, -0.2) is 0 Å². The van der Waals surface area contributed by atoms with Gasteiger partial charge in [0.1, 0.15) is 11.9 Å². The van der Waals surface area contributed by atoms with E-state index in [1.54, 1.807) is 0 Å². The van der Waals surface area contributed by atoms with Gasteiger partial charge in [0.25, 0.3) is 0 Å². The molecule has 0 saturated carbocycles. The predicted molar refractivity (Wildman–Crippen MR) is 48.2 cm³/mol. The molecule has 2 nitrogen and oxygen atoms in total. The van der Waals surface area contributed by atoms with Crippen molar-refractivity contribution in [1.29, 1.82) is 0 Å². The highest BCUT2D eigenvalue weighted by atomic mass is 16.5. The zero-order chi connectivity index (χ0) is 8.55. The van der Waals surface area contributed by atoms with Crippen LogP contribution in [0.4, 0.5) is 0 Å². The fraction of sp³-hybridized carbons (Fsp3) is 0.400. The Balaban J connectivity index is 2.22. The molecule has 1 aromatic rings. The van der Waals surface area contributed by atoms with Crippen molar-refractivity contribution in [1.82, 2.24) is 0 Å². The zero-order valence-corrected chi connectivity index (χ0v) is 7.16. The molecule has 0 saturated heterocycles. The van der Waals surface area contributed by atoms with E-state index in [9.17, 15) is 0 Å². The number of rotatable bonds is 1. The first kappa shape index (κ1) is 7.62. The molecule has 0 aliphatic carbocycles. The molecule has 0 spiro atoms. The molecule has 1 aliphatic rings. The first-order valence-electron chi connectivity index (χ1n) is 4.27. The summed E-state index contributed by atoms with van der Waals surface area (Å²) in [5.74, 6) is 1.000. The Morgan fingerprint density at radius 3 is 2.92 bits per heavy atom. The maximum atomic E-state index is 5.75. The summed E-state index contributed by atoms with van der Waals surface area (Å²) in [6.45, 7) is 1.98. The molecule has 0 bridgehead atoms. The number of benzene rings is 1. The van der Waals surface area contributed by atoms with Gasteiger partial charge in [0.15, 0.2) is 0 Å². The van der Waals surface area contributed by atoms with E-state index < -0.39 is 0 Å². The first-order chi connectivity index (χ1) is 5.77. The Morgan fingerprint density at radius 1 is 1.50 bits per heavy atom. The normalized spacial score (nSPS) is 23.0. The Labute approximate surface area is 72.3 Å². The standard InChI is InChI=1S/C10H13NO/c1-7(11)10-6-8-4-2-3-5-9(8)12-10/h2-5,7,10H,6,11H2,1H3/t7-,10-/m0/s1. The lowest BCUT2D eigenvalue weighted by Crippen LogP contribution is -2.34.